The molecule has 0 spiro atoms. The van der Waals surface area contributed by atoms with Crippen LogP contribution in [0.5, 0.6) is 0 Å². The van der Waals surface area contributed by atoms with Crippen LogP contribution in [0.1, 0.15) is 56.6 Å². The lowest BCUT2D eigenvalue weighted by atomic mass is 10.0. The predicted molar refractivity (Wildman–Crippen MR) is 127 cm³/mol. The average Bonchev–Trinajstić information content (AvgIpc) is 3.20. The van der Waals surface area contributed by atoms with Crippen molar-refractivity contribution in [1.82, 2.24) is 35.1 Å². The molecule has 3 heterocycles. The standard InChI is InChI=1S/C19H29N9S.C2HF3O2/c1-4-6-8-19(23-24-19)9-10-21-17(16-14-20-15-27(16)11-5-2)18-22-25-26-28(18)12-7-13-29-3;3-2(4,5)1(6)7/h1,14-15,17,21H,5-13H2,2-3H3;(H,6,7). The number of nitrogens with one attached hydrogen (secondary N) is 1. The third-order valence-electron chi connectivity index (χ3n) is 5.21. The van der Waals surface area contributed by atoms with Crippen LogP contribution in [-0.2, 0) is 17.9 Å². The number of thioether (sulfide) groups is 1. The van der Waals surface area contributed by atoms with Gasteiger partial charge in [0.2, 0.25) is 0 Å². The molecular weight excluding hydrogens is 499 g/mol. The third-order valence-corrected chi connectivity index (χ3v) is 5.91. The van der Waals surface area contributed by atoms with E-state index in [2.05, 4.69) is 59.7 Å². The Hall–Kier alpha value is -2.99. The van der Waals surface area contributed by atoms with E-state index in [0.717, 1.165) is 62.6 Å². The van der Waals surface area contributed by atoms with E-state index in [-0.39, 0.29) is 11.7 Å². The Morgan fingerprint density at radius 2 is 2.06 bits per heavy atom. The van der Waals surface area contributed by atoms with Crippen molar-refractivity contribution in [3.05, 3.63) is 24.0 Å². The van der Waals surface area contributed by atoms with E-state index in [4.69, 9.17) is 16.3 Å². The van der Waals surface area contributed by atoms with Gasteiger partial charge in [0.1, 0.15) is 6.04 Å². The number of tetrazole rings is 1. The molecule has 2 N–H and O–H groups in total. The van der Waals surface area contributed by atoms with Gasteiger partial charge >= 0.3 is 12.1 Å². The fourth-order valence-electron chi connectivity index (χ4n) is 3.35. The zero-order valence-electron chi connectivity index (χ0n) is 20.1. The molecule has 11 nitrogen and oxygen atoms in total. The lowest BCUT2D eigenvalue weighted by Crippen LogP contribution is -2.31. The van der Waals surface area contributed by atoms with Gasteiger partial charge in [-0.05, 0) is 35.3 Å². The normalized spacial score (nSPS) is 14.6. The maximum Gasteiger partial charge on any atom is 0.490 e. The summed E-state index contributed by atoms with van der Waals surface area (Å²) in [6.07, 6.45) is 10.5. The second-order valence-electron chi connectivity index (χ2n) is 7.95. The van der Waals surface area contributed by atoms with E-state index in [1.165, 1.54) is 0 Å². The maximum atomic E-state index is 10.6. The Kier molecular flexibility index (Phi) is 11.3. The molecule has 0 amide bonds. The Morgan fingerprint density at radius 1 is 1.33 bits per heavy atom. The van der Waals surface area contributed by atoms with Gasteiger partial charge in [-0.3, -0.25) is 0 Å². The molecule has 2 aromatic heterocycles. The van der Waals surface area contributed by atoms with E-state index in [9.17, 15) is 13.2 Å². The van der Waals surface area contributed by atoms with Gasteiger partial charge in [-0.1, -0.05) is 6.92 Å². The number of aryl methyl sites for hydroxylation is 2. The molecule has 0 saturated carbocycles. The van der Waals surface area contributed by atoms with E-state index in [1.54, 1.807) is 0 Å². The topological polar surface area (TPSA) is 135 Å². The molecule has 198 valence electrons. The molecule has 0 radical (unpaired) electrons. The highest BCUT2D eigenvalue weighted by atomic mass is 32.2. The highest BCUT2D eigenvalue weighted by Gasteiger charge is 2.39. The summed E-state index contributed by atoms with van der Waals surface area (Å²) < 4.78 is 35.8. The quantitative estimate of drug-likeness (QED) is 0.281. The fraction of sp³-hybridized carbons (Fsp3) is 0.667. The van der Waals surface area contributed by atoms with Crippen LogP contribution in [0.2, 0.25) is 0 Å². The van der Waals surface area contributed by atoms with Gasteiger partial charge in [-0.2, -0.15) is 35.2 Å². The second kappa shape index (κ2) is 13.9. The van der Waals surface area contributed by atoms with Crippen molar-refractivity contribution in [3.8, 4) is 12.3 Å². The van der Waals surface area contributed by atoms with Crippen molar-refractivity contribution in [3.63, 3.8) is 0 Å². The minimum atomic E-state index is -5.08. The molecule has 1 atom stereocenters. The molecule has 1 unspecified atom stereocenters. The molecule has 0 aromatic carbocycles. The number of nitrogens with zero attached hydrogens (tertiary/aromatic N) is 8. The predicted octanol–water partition coefficient (Wildman–Crippen LogP) is 3.31. The zero-order chi connectivity index (χ0) is 26.6. The molecule has 1 aliphatic rings. The largest absolute Gasteiger partial charge is 0.490 e. The van der Waals surface area contributed by atoms with Gasteiger partial charge in [-0.25, -0.2) is 14.5 Å². The Labute approximate surface area is 211 Å². The van der Waals surface area contributed by atoms with Crippen LogP contribution in [0.4, 0.5) is 13.2 Å². The number of aromatic nitrogens is 6. The van der Waals surface area contributed by atoms with Crippen molar-refractivity contribution in [1.29, 1.82) is 0 Å². The van der Waals surface area contributed by atoms with E-state index >= 15 is 0 Å². The van der Waals surface area contributed by atoms with Gasteiger partial charge in [0.25, 0.3) is 0 Å². The number of rotatable bonds is 14. The average molecular weight is 530 g/mol. The molecule has 0 saturated heterocycles. The van der Waals surface area contributed by atoms with Crippen LogP contribution in [0.25, 0.3) is 0 Å². The van der Waals surface area contributed by atoms with Gasteiger partial charge in [0, 0.05) is 38.9 Å². The summed E-state index contributed by atoms with van der Waals surface area (Å²) in [7, 11) is 0. The number of hydrogen-bond donors (Lipinski definition) is 2. The van der Waals surface area contributed by atoms with Crippen molar-refractivity contribution < 1.29 is 23.1 Å². The Morgan fingerprint density at radius 3 is 2.64 bits per heavy atom. The van der Waals surface area contributed by atoms with Crippen LogP contribution in [0.3, 0.4) is 0 Å². The van der Waals surface area contributed by atoms with E-state index in [0.29, 0.717) is 6.42 Å². The van der Waals surface area contributed by atoms with Crippen molar-refractivity contribution in [2.45, 2.75) is 70.0 Å². The summed E-state index contributed by atoms with van der Waals surface area (Å²) in [5, 5.41) is 31.7. The lowest BCUT2D eigenvalue weighted by Gasteiger charge is -2.20. The minimum absolute atomic E-state index is 0.142. The zero-order valence-corrected chi connectivity index (χ0v) is 21.0. The number of aliphatic carboxylic acids is 1. The summed E-state index contributed by atoms with van der Waals surface area (Å²) in [5.41, 5.74) is 0.757. The molecule has 2 aromatic rings. The SMILES string of the molecule is C#CCCC1(CCNC(c2cncn2CCC)c2nnnn2CCCSC)N=N1.O=C(O)C(F)(F)F. The summed E-state index contributed by atoms with van der Waals surface area (Å²) >= 11 is 1.83. The van der Waals surface area contributed by atoms with Crippen LogP contribution < -0.4 is 5.32 Å². The van der Waals surface area contributed by atoms with Gasteiger partial charge in [0.05, 0.1) is 18.2 Å². The molecule has 0 fully saturated rings. The molecule has 1 aliphatic heterocycles. The monoisotopic (exact) mass is 529 g/mol. The summed E-state index contributed by atoms with van der Waals surface area (Å²) in [6, 6.07) is -0.142. The summed E-state index contributed by atoms with van der Waals surface area (Å²) in [5.74, 6) is 1.81. The van der Waals surface area contributed by atoms with E-state index < -0.39 is 12.1 Å². The highest BCUT2D eigenvalue weighted by Crippen LogP contribution is 2.36. The molecule has 3 rings (SSSR count). The number of carboxylic acid groups (broad SMARTS) is 1. The van der Waals surface area contributed by atoms with Gasteiger partial charge in [-0.15, -0.1) is 17.4 Å². The molecule has 0 bridgehead atoms. The molecule has 36 heavy (non-hydrogen) atoms. The minimum Gasteiger partial charge on any atom is -0.475 e. The third kappa shape index (κ3) is 8.90. The maximum absolute atomic E-state index is 10.6. The van der Waals surface area contributed by atoms with Gasteiger partial charge < -0.3 is 15.0 Å². The number of alkyl halides is 3. The first kappa shape index (κ1) is 29.2. The first-order valence-electron chi connectivity index (χ1n) is 11.3. The smallest absolute Gasteiger partial charge is 0.475 e. The Bertz CT molecular complexity index is 1030. The van der Waals surface area contributed by atoms with Crippen LogP contribution in [0, 0.1) is 12.3 Å². The Balaban J connectivity index is 0.000000572. The second-order valence-corrected chi connectivity index (χ2v) is 8.93. The van der Waals surface area contributed by atoms with Crippen molar-refractivity contribution >= 4 is 17.7 Å². The number of carbonyl (C=O) groups is 1. The number of hydrogen-bond acceptors (Lipinski definition) is 9. The first-order chi connectivity index (χ1) is 17.2. The lowest BCUT2D eigenvalue weighted by molar-refractivity contribution is -0.192. The van der Waals surface area contributed by atoms with Crippen LogP contribution >= 0.6 is 11.8 Å². The summed E-state index contributed by atoms with van der Waals surface area (Å²) in [6.45, 7) is 4.58. The number of halogens is 3. The van der Waals surface area contributed by atoms with Crippen LogP contribution in [-0.4, -0.2) is 71.2 Å². The van der Waals surface area contributed by atoms with E-state index in [1.807, 2.05) is 29.0 Å². The fourth-order valence-corrected chi connectivity index (χ4v) is 3.77. The van der Waals surface area contributed by atoms with Crippen molar-refractivity contribution in [2.75, 3.05) is 18.6 Å². The summed E-state index contributed by atoms with van der Waals surface area (Å²) in [4.78, 5) is 13.3. The number of terminal acetylenes is 1. The molecule has 0 aliphatic carbocycles. The molecular formula is C21H30F3N9O2S. The molecule has 15 heteroatoms. The van der Waals surface area contributed by atoms with Crippen molar-refractivity contribution in [2.24, 2.45) is 10.2 Å². The number of imidazole rings is 1. The first-order valence-corrected chi connectivity index (χ1v) is 12.7. The number of carboxylic acids is 1. The van der Waals surface area contributed by atoms with Gasteiger partial charge in [0.15, 0.2) is 11.5 Å². The highest BCUT2D eigenvalue weighted by molar-refractivity contribution is 7.98. The van der Waals surface area contributed by atoms with Crippen LogP contribution in [0.15, 0.2) is 22.8 Å².